The van der Waals surface area contributed by atoms with Gasteiger partial charge in [0.2, 0.25) is 5.78 Å². The Morgan fingerprint density at radius 3 is 2.15 bits per heavy atom. The molecule has 26 heavy (non-hydrogen) atoms. The third-order valence-electron chi connectivity index (χ3n) is 4.36. The third-order valence-corrected chi connectivity index (χ3v) is 4.36. The first-order valence-corrected chi connectivity index (χ1v) is 26.4. The Balaban J connectivity index is 0.000000949. The second kappa shape index (κ2) is 14.4. The molecule has 0 bridgehead atoms. The van der Waals surface area contributed by atoms with E-state index in [1.54, 1.807) is 6.20 Å². The van der Waals surface area contributed by atoms with Crippen molar-refractivity contribution in [3.63, 3.8) is 0 Å². The second-order valence-corrected chi connectivity index (χ2v) is 22.1. The fourth-order valence-corrected chi connectivity index (χ4v) is 3.20. The van der Waals surface area contributed by atoms with Crippen LogP contribution in [-0.2, 0) is 12.8 Å². The van der Waals surface area contributed by atoms with Crippen LogP contribution in [0.5, 0.6) is 0 Å². The Bertz CT molecular complexity index is 764. The summed E-state index contributed by atoms with van der Waals surface area (Å²) in [5, 5.41) is 0. The molecule has 0 radical (unpaired) electrons. The molecular weight excluding hydrogens is 1010 g/mol. The number of pyridine rings is 1. The first kappa shape index (κ1) is 28.4. The Morgan fingerprint density at radius 1 is 1.00 bits per heavy atom. The summed E-state index contributed by atoms with van der Waals surface area (Å²) in [5.74, 6) is 0.0908. The second-order valence-electron chi connectivity index (χ2n) is 5.89. The van der Waals surface area contributed by atoms with Gasteiger partial charge in [-0.1, -0.05) is 12.1 Å². The minimum absolute atomic E-state index is 0. The van der Waals surface area contributed by atoms with Gasteiger partial charge in [0.1, 0.15) is 5.69 Å². The van der Waals surface area contributed by atoms with Gasteiger partial charge in [-0.2, -0.15) is 0 Å². The summed E-state index contributed by atoms with van der Waals surface area (Å²) >= 11 is 9.54. The van der Waals surface area contributed by atoms with Gasteiger partial charge < -0.3 is 0 Å². The summed E-state index contributed by atoms with van der Waals surface area (Å²) in [6, 6.07) is 4.22. The number of benzene rings is 1. The predicted octanol–water partition coefficient (Wildman–Crippen LogP) is 4.81. The van der Waals surface area contributed by atoms with Crippen molar-refractivity contribution >= 4 is 104 Å². The molecule has 1 aliphatic carbocycles. The molecule has 1 aromatic heterocycles. The van der Waals surface area contributed by atoms with Gasteiger partial charge in [0.05, 0.1) is 0 Å². The first-order valence-electron chi connectivity index (χ1n) is 7.51. The number of aromatic nitrogens is 1. The minimum atomic E-state index is 0. The average Bonchev–Trinajstić information content (AvgIpc) is 2.72. The number of carbonyl (C=O) groups excluding carboxylic acids is 1. The zero-order valence-electron chi connectivity index (χ0n) is 14.8. The molecule has 0 unspecified atom stereocenters. The van der Waals surface area contributed by atoms with Crippen LogP contribution in [0.3, 0.4) is 0 Å². The molecule has 0 saturated heterocycles. The molecule has 8 heteroatoms. The summed E-state index contributed by atoms with van der Waals surface area (Å²) in [7, 11) is 0. The zero-order chi connectivity index (χ0) is 19.1. The fraction of sp³-hybridized carbons (Fsp3) is 0.333. The Hall–Kier alpha value is 2.42. The van der Waals surface area contributed by atoms with Crippen LogP contribution in [0.15, 0.2) is 18.3 Å². The summed E-state index contributed by atoms with van der Waals surface area (Å²) < 4.78 is 0. The van der Waals surface area contributed by atoms with Crippen LogP contribution >= 0.6 is 98.4 Å². The van der Waals surface area contributed by atoms with Crippen molar-refractivity contribution in [2.75, 3.05) is 0 Å². The summed E-state index contributed by atoms with van der Waals surface area (Å²) in [4.78, 5) is 17.3. The maximum atomic E-state index is 12.9. The molecule has 146 valence electrons. The maximum absolute atomic E-state index is 12.9. The zero-order valence-corrected chi connectivity index (χ0v) is 27.9. The Labute approximate surface area is 226 Å². The number of fused-ring (bicyclic) bond motifs is 2. The van der Waals surface area contributed by atoms with Crippen LogP contribution in [0, 0.1) is 27.7 Å². The van der Waals surface area contributed by atoms with Gasteiger partial charge in [0.25, 0.3) is 0 Å². The molecule has 0 aliphatic heterocycles. The van der Waals surface area contributed by atoms with Crippen molar-refractivity contribution < 1.29 is 18.0 Å². The molecule has 3 rings (SSSR count). The van der Waals surface area contributed by atoms with Crippen LogP contribution < -0.4 is 13.3 Å². The van der Waals surface area contributed by atoms with Crippen molar-refractivity contribution in [1.82, 2.24) is 4.98 Å². The standard InChI is InChI=1S/C18H19NO.I3.I2.HI/c1-10-7-14-5-6-15-13(4)11(2)8-12(3)16(15)18(20)17(14)19-9-10;1-3-2;1-2;/h7-9H,5-6H2,1-4H3;;;1H/q;-1;;. The first-order chi connectivity index (χ1) is 11.9. The predicted molar refractivity (Wildman–Crippen MR) is 152 cm³/mol. The topological polar surface area (TPSA) is 30.0 Å². The molecule has 0 spiro atoms. The van der Waals surface area contributed by atoms with E-state index in [9.17, 15) is 4.79 Å². The van der Waals surface area contributed by atoms with Gasteiger partial charge in [-0.25, -0.2) is 0 Å². The van der Waals surface area contributed by atoms with Gasteiger partial charge in [-0.3, -0.25) is 9.78 Å². The van der Waals surface area contributed by atoms with E-state index in [0.29, 0.717) is 18.9 Å². The molecule has 2 aromatic rings. The number of rotatable bonds is 0. The van der Waals surface area contributed by atoms with Crippen molar-refractivity contribution in [2.45, 2.75) is 40.5 Å². The van der Waals surface area contributed by atoms with Gasteiger partial charge in [0.15, 0.2) is 0 Å². The van der Waals surface area contributed by atoms with Gasteiger partial charge in [-0.05, 0) is 73.9 Å². The molecule has 1 heterocycles. The van der Waals surface area contributed by atoms with Crippen molar-refractivity contribution in [3.8, 4) is 0 Å². The monoisotopic (exact) mass is 1030 g/mol. The van der Waals surface area contributed by atoms with E-state index in [0.717, 1.165) is 35.1 Å². The van der Waals surface area contributed by atoms with Crippen LogP contribution in [-0.4, -0.2) is 10.8 Å². The molecule has 0 amide bonds. The van der Waals surface area contributed by atoms with E-state index >= 15 is 0 Å². The number of hydrogen-bond acceptors (Lipinski definition) is 2. The molecule has 0 N–H and O–H groups in total. The number of ketones is 1. The van der Waals surface area contributed by atoms with Gasteiger partial charge in [-0.15, -0.1) is 24.0 Å². The fourth-order valence-electron chi connectivity index (χ4n) is 3.20. The quantitative estimate of drug-likeness (QED) is 0.356. The number of halogens is 6. The SMILES string of the molecule is Cc1cnc2c(c1)CCc1c(C)c(C)cc(C)c1C2=O.I.II.I[I-]I. The normalized spacial score (nSPS) is 11.6. The summed E-state index contributed by atoms with van der Waals surface area (Å²) in [5.41, 5.74) is 8.53. The van der Waals surface area contributed by atoms with E-state index < -0.39 is 0 Å². The number of aryl methyl sites for hydroxylation is 4. The molecule has 2 nitrogen and oxygen atoms in total. The molecule has 0 saturated carbocycles. The van der Waals surface area contributed by atoms with E-state index in [-0.39, 0.29) is 29.8 Å². The third kappa shape index (κ3) is 7.28. The van der Waals surface area contributed by atoms with Crippen LogP contribution in [0.4, 0.5) is 0 Å². The van der Waals surface area contributed by atoms with E-state index in [1.807, 2.05) is 13.8 Å². The Kier molecular flexibility index (Phi) is 15.8. The molecule has 1 aliphatic rings. The molecule has 1 aromatic carbocycles. The summed E-state index contributed by atoms with van der Waals surface area (Å²) in [6.07, 6.45) is 3.61. The van der Waals surface area contributed by atoms with Crippen molar-refractivity contribution in [3.05, 3.63) is 63.0 Å². The van der Waals surface area contributed by atoms with E-state index in [4.69, 9.17) is 0 Å². The van der Waals surface area contributed by atoms with Crippen LogP contribution in [0.2, 0.25) is 0 Å². The Morgan fingerprint density at radius 2 is 1.58 bits per heavy atom. The summed E-state index contributed by atoms with van der Waals surface area (Å²) in [6.45, 7) is 8.29. The van der Waals surface area contributed by atoms with Crippen molar-refractivity contribution in [1.29, 1.82) is 0 Å². The number of carbonyl (C=O) groups is 1. The number of hydrogen-bond donors (Lipinski definition) is 0. The molecular formula is C18H20I6NO-. The molecule has 0 atom stereocenters. The van der Waals surface area contributed by atoms with E-state index in [1.165, 1.54) is 16.7 Å². The van der Waals surface area contributed by atoms with Crippen LogP contribution in [0.1, 0.15) is 49.4 Å². The number of nitrogens with zero attached hydrogens (tertiary/aromatic N) is 1. The van der Waals surface area contributed by atoms with Gasteiger partial charge >= 0.3 is 50.5 Å². The molecule has 0 fully saturated rings. The van der Waals surface area contributed by atoms with Crippen molar-refractivity contribution in [2.24, 2.45) is 0 Å². The average molecular weight is 1030 g/mol. The van der Waals surface area contributed by atoms with Crippen LogP contribution in [0.25, 0.3) is 0 Å². The van der Waals surface area contributed by atoms with Gasteiger partial charge in [0, 0.05) is 49.0 Å². The van der Waals surface area contributed by atoms with E-state index in [2.05, 4.69) is 105 Å².